The van der Waals surface area contributed by atoms with Crippen LogP contribution in [0.3, 0.4) is 0 Å². The van der Waals surface area contributed by atoms with Gasteiger partial charge >= 0.3 is 0 Å². The number of aryl methyl sites for hydroxylation is 3. The first-order valence-corrected chi connectivity index (χ1v) is 17.1. The fourth-order valence-electron chi connectivity index (χ4n) is 7.59. The first-order valence-electron chi connectivity index (χ1n) is 17.1. The first kappa shape index (κ1) is 32.4. The van der Waals surface area contributed by atoms with Gasteiger partial charge in [0.05, 0.1) is 5.52 Å². The van der Waals surface area contributed by atoms with Crippen LogP contribution in [0.2, 0.25) is 0 Å². The van der Waals surface area contributed by atoms with Gasteiger partial charge in [-0.05, 0) is 85.8 Å². The third-order valence-corrected chi connectivity index (χ3v) is 10.3. The zero-order valence-corrected chi connectivity index (χ0v) is 28.5. The van der Waals surface area contributed by atoms with Gasteiger partial charge in [0.1, 0.15) is 24.1 Å². The van der Waals surface area contributed by atoms with E-state index < -0.39 is 6.04 Å². The molecule has 3 aromatic carbocycles. The van der Waals surface area contributed by atoms with Crippen molar-refractivity contribution >= 4 is 28.5 Å². The first-order chi connectivity index (χ1) is 23.6. The van der Waals surface area contributed by atoms with Crippen molar-refractivity contribution in [2.75, 3.05) is 0 Å². The predicted molar refractivity (Wildman–Crippen MR) is 189 cm³/mol. The zero-order valence-electron chi connectivity index (χ0n) is 28.5. The van der Waals surface area contributed by atoms with Gasteiger partial charge in [-0.25, -0.2) is 9.97 Å². The van der Waals surface area contributed by atoms with Gasteiger partial charge in [-0.15, -0.1) is 0 Å². The van der Waals surface area contributed by atoms with Crippen LogP contribution in [-0.2, 0) is 29.0 Å². The molecule has 0 spiro atoms. The Bertz CT molecular complexity index is 2020. The average molecular weight is 655 g/mol. The van der Waals surface area contributed by atoms with Crippen LogP contribution in [-0.4, -0.2) is 60.4 Å². The number of aromatic nitrogens is 4. The van der Waals surface area contributed by atoms with E-state index in [1.54, 1.807) is 22.0 Å². The minimum Gasteiger partial charge on any atom is -0.351 e. The molecule has 0 bridgehead atoms. The summed E-state index contributed by atoms with van der Waals surface area (Å²) in [4.78, 5) is 51.6. The second-order valence-corrected chi connectivity index (χ2v) is 14.1. The van der Waals surface area contributed by atoms with Crippen molar-refractivity contribution in [2.45, 2.75) is 84.5 Å². The molecule has 250 valence electrons. The van der Waals surface area contributed by atoms with E-state index in [1.165, 1.54) is 12.5 Å². The molecule has 4 atom stereocenters. The van der Waals surface area contributed by atoms with Gasteiger partial charge in [-0.3, -0.25) is 19.1 Å². The molecular weight excluding hydrogens is 612 g/mol. The number of likely N-dealkylation sites (tertiary alicyclic amines) is 1. The van der Waals surface area contributed by atoms with E-state index in [9.17, 15) is 14.4 Å². The van der Waals surface area contributed by atoms with Crippen molar-refractivity contribution in [3.63, 3.8) is 0 Å². The van der Waals surface area contributed by atoms with Crippen LogP contribution in [0.1, 0.15) is 66.1 Å². The van der Waals surface area contributed by atoms with Crippen molar-refractivity contribution in [1.82, 2.24) is 30.0 Å². The van der Waals surface area contributed by atoms with Gasteiger partial charge in [0.15, 0.2) is 5.78 Å². The molecule has 9 nitrogen and oxygen atoms in total. The number of amides is 2. The Balaban J connectivity index is 1.13. The summed E-state index contributed by atoms with van der Waals surface area (Å²) in [6.45, 7) is 7.39. The maximum Gasteiger partial charge on any atom is 0.245 e. The minimum atomic E-state index is -0.561. The lowest BCUT2D eigenvalue weighted by Crippen LogP contribution is -2.51. The quantitative estimate of drug-likeness (QED) is 0.174. The van der Waals surface area contributed by atoms with E-state index in [2.05, 4.69) is 51.6 Å². The number of nitrogens with one attached hydrogen (secondary N) is 1. The number of carbonyl (C=O) groups is 3. The van der Waals surface area contributed by atoms with Gasteiger partial charge in [-0.1, -0.05) is 67.6 Å². The smallest absolute Gasteiger partial charge is 0.245 e. The van der Waals surface area contributed by atoms with Crippen molar-refractivity contribution in [1.29, 1.82) is 0 Å². The molecular formula is C40H42N6O3. The summed E-state index contributed by atoms with van der Waals surface area (Å²) < 4.78 is 1.64. The van der Waals surface area contributed by atoms with Gasteiger partial charge < -0.3 is 10.2 Å². The highest BCUT2D eigenvalue weighted by molar-refractivity contribution is 6.07. The number of hydrogen-bond donors (Lipinski definition) is 1. The Kier molecular flexibility index (Phi) is 8.61. The molecule has 1 aliphatic heterocycles. The molecule has 1 saturated heterocycles. The highest BCUT2D eigenvalue weighted by Crippen LogP contribution is 2.59. The third kappa shape index (κ3) is 6.62. The van der Waals surface area contributed by atoms with Gasteiger partial charge in [-0.2, -0.15) is 5.10 Å². The zero-order chi connectivity index (χ0) is 34.3. The van der Waals surface area contributed by atoms with Crippen LogP contribution in [0, 0.1) is 19.3 Å². The molecule has 9 heteroatoms. The summed E-state index contributed by atoms with van der Waals surface area (Å²) >= 11 is 0. The molecule has 2 amide bonds. The summed E-state index contributed by atoms with van der Waals surface area (Å²) in [5.41, 5.74) is 5.96. The lowest BCUT2D eigenvalue weighted by Gasteiger charge is -2.29. The minimum absolute atomic E-state index is 0.0102. The summed E-state index contributed by atoms with van der Waals surface area (Å²) in [6.07, 6.45) is 7.38. The lowest BCUT2D eigenvalue weighted by atomic mass is 9.97. The summed E-state index contributed by atoms with van der Waals surface area (Å²) in [6, 6.07) is 23.8. The van der Waals surface area contributed by atoms with Crippen LogP contribution in [0.25, 0.3) is 22.0 Å². The lowest BCUT2D eigenvalue weighted by molar-refractivity contribution is -0.140. The number of hydrogen-bond acceptors (Lipinski definition) is 6. The van der Waals surface area contributed by atoms with Gasteiger partial charge in [0.25, 0.3) is 0 Å². The van der Waals surface area contributed by atoms with E-state index in [1.807, 2.05) is 62.4 Å². The van der Waals surface area contributed by atoms with Crippen LogP contribution < -0.4 is 5.32 Å². The van der Waals surface area contributed by atoms with Crippen molar-refractivity contribution in [2.24, 2.45) is 5.41 Å². The largest absolute Gasteiger partial charge is 0.351 e. The molecule has 3 heterocycles. The van der Waals surface area contributed by atoms with E-state index in [0.717, 1.165) is 47.0 Å². The Morgan fingerprint density at radius 2 is 1.59 bits per heavy atom. The fourth-order valence-corrected chi connectivity index (χ4v) is 7.59. The number of nitrogens with zero attached hydrogens (tertiary/aromatic N) is 5. The maximum atomic E-state index is 14.2. The molecule has 2 aromatic heterocycles. The summed E-state index contributed by atoms with van der Waals surface area (Å²) in [7, 11) is 0. The second-order valence-electron chi connectivity index (χ2n) is 14.1. The number of benzene rings is 3. The number of rotatable bonds is 11. The molecule has 1 N–H and O–H groups in total. The molecule has 1 saturated carbocycles. The number of piperidine rings is 1. The standard InChI is InChI=1S/C40H42N6O3/c1-25-17-30(31-22-41-27(3)42-23-31)19-33-37(26(2)47)44-45(38(25)33)24-36(48)46-34(20-40(4)21-35(40)46)39(49)43-32(18-29-13-9-6-10-14-29)16-15-28-11-7-5-8-12-28/h5-14,17,19,22-23,32,34-35H,15-16,18,20-21,24H2,1-4H3,(H,43,49)/t32-,34-,35?,40-/m0/s1. The van der Waals surface area contributed by atoms with Crippen molar-refractivity contribution < 1.29 is 14.4 Å². The molecule has 5 aromatic rings. The van der Waals surface area contributed by atoms with Crippen LogP contribution in [0.4, 0.5) is 0 Å². The van der Waals surface area contributed by atoms with E-state index >= 15 is 0 Å². The van der Waals surface area contributed by atoms with Gasteiger partial charge in [0, 0.05) is 42.4 Å². The molecule has 0 radical (unpaired) electrons. The molecule has 2 aliphatic rings. The number of carbonyl (C=O) groups excluding carboxylic acids is 3. The maximum absolute atomic E-state index is 14.2. The van der Waals surface area contributed by atoms with E-state index in [0.29, 0.717) is 29.7 Å². The average Bonchev–Trinajstić information content (AvgIpc) is 3.44. The number of Topliss-reactive ketones (excluding diaryl/α,β-unsaturated/α-hetero) is 1. The highest BCUT2D eigenvalue weighted by atomic mass is 16.2. The van der Waals surface area contributed by atoms with Crippen LogP contribution in [0.5, 0.6) is 0 Å². The fraction of sp³-hybridized carbons (Fsp3) is 0.350. The normalized spacial score (nSPS) is 20.2. The molecule has 1 aliphatic carbocycles. The van der Waals surface area contributed by atoms with Crippen LogP contribution in [0.15, 0.2) is 85.2 Å². The topological polar surface area (TPSA) is 110 Å². The van der Waals surface area contributed by atoms with Crippen molar-refractivity contribution in [3.05, 3.63) is 113 Å². The summed E-state index contributed by atoms with van der Waals surface area (Å²) in [5, 5.41) is 8.71. The number of fused-ring (bicyclic) bond motifs is 2. The molecule has 1 unspecified atom stereocenters. The van der Waals surface area contributed by atoms with E-state index in [-0.39, 0.29) is 41.6 Å². The molecule has 49 heavy (non-hydrogen) atoms. The third-order valence-electron chi connectivity index (χ3n) is 10.3. The molecule has 7 rings (SSSR count). The SMILES string of the molecule is CC(=O)c1nn(CC(=O)N2C3C[C@]3(C)C[C@H]2C(=O)N[C@@H](CCc2ccccc2)Cc2ccccc2)c2c(C)cc(-c3cnc(C)nc3)cc12. The Morgan fingerprint density at radius 1 is 0.918 bits per heavy atom. The predicted octanol–water partition coefficient (Wildman–Crippen LogP) is 6.05. The Morgan fingerprint density at radius 3 is 2.27 bits per heavy atom. The Labute approximate surface area is 286 Å². The van der Waals surface area contributed by atoms with Crippen LogP contribution >= 0.6 is 0 Å². The Hall–Kier alpha value is -5.18. The van der Waals surface area contributed by atoms with E-state index in [4.69, 9.17) is 0 Å². The monoisotopic (exact) mass is 654 g/mol. The molecule has 2 fully saturated rings. The number of ketones is 1. The van der Waals surface area contributed by atoms with Gasteiger partial charge in [0.2, 0.25) is 11.8 Å². The van der Waals surface area contributed by atoms with Crippen molar-refractivity contribution in [3.8, 4) is 11.1 Å². The summed E-state index contributed by atoms with van der Waals surface area (Å²) in [5.74, 6) is 0.231. The highest BCUT2D eigenvalue weighted by Gasteiger charge is 2.64. The second kappa shape index (κ2) is 13.0.